The summed E-state index contributed by atoms with van der Waals surface area (Å²) in [6.07, 6.45) is -1.14. The molecule has 0 saturated heterocycles. The molecule has 0 radical (unpaired) electrons. The molecule has 142 valence electrons. The summed E-state index contributed by atoms with van der Waals surface area (Å²) in [6.45, 7) is 0. The summed E-state index contributed by atoms with van der Waals surface area (Å²) in [6, 6.07) is 6.14. The molecule has 0 unspecified atom stereocenters. The molecule has 1 aromatic carbocycles. The Morgan fingerprint density at radius 3 is 2.37 bits per heavy atom. The van der Waals surface area contributed by atoms with E-state index in [1.807, 2.05) is 0 Å². The van der Waals surface area contributed by atoms with E-state index in [2.05, 4.69) is 9.72 Å². The summed E-state index contributed by atoms with van der Waals surface area (Å²) in [5.74, 6) is -1.19. The van der Waals surface area contributed by atoms with Crippen molar-refractivity contribution in [1.82, 2.24) is 4.98 Å². The minimum Gasteiger partial charge on any atom is -0.493 e. The third-order valence-electron chi connectivity index (χ3n) is 3.29. The van der Waals surface area contributed by atoms with Crippen molar-refractivity contribution >= 4 is 18.0 Å². The van der Waals surface area contributed by atoms with Crippen molar-refractivity contribution < 1.29 is 37.0 Å². The lowest BCUT2D eigenvalue weighted by molar-refractivity contribution is -0.141. The van der Waals surface area contributed by atoms with Crippen molar-refractivity contribution in [3.05, 3.63) is 59.4 Å². The van der Waals surface area contributed by atoms with Crippen LogP contribution in [0.1, 0.15) is 21.6 Å². The summed E-state index contributed by atoms with van der Waals surface area (Å²) in [4.78, 5) is 26.4. The third-order valence-corrected chi connectivity index (χ3v) is 3.29. The number of halogens is 3. The van der Waals surface area contributed by atoms with Gasteiger partial charge in [0, 0.05) is 12.3 Å². The van der Waals surface area contributed by atoms with Gasteiger partial charge in [0.2, 0.25) is 0 Å². The predicted molar refractivity (Wildman–Crippen MR) is 88.2 cm³/mol. The van der Waals surface area contributed by atoms with E-state index >= 15 is 0 Å². The second-order valence-corrected chi connectivity index (χ2v) is 5.09. The molecule has 0 aliphatic rings. The topological polar surface area (TPSA) is 74.7 Å². The monoisotopic (exact) mass is 381 g/mol. The van der Waals surface area contributed by atoms with E-state index in [0.717, 1.165) is 12.3 Å². The first-order chi connectivity index (χ1) is 12.7. The molecule has 0 N–H and O–H groups in total. The van der Waals surface area contributed by atoms with Gasteiger partial charge in [0.25, 0.3) is 0 Å². The molecule has 2 rings (SSSR count). The average molecular weight is 381 g/mol. The number of ether oxygens (including phenoxy) is 3. The lowest BCUT2D eigenvalue weighted by Gasteiger charge is -2.10. The summed E-state index contributed by atoms with van der Waals surface area (Å²) >= 11 is 0. The second kappa shape index (κ2) is 8.35. The molecule has 0 saturated carbocycles. The number of carbonyl (C=O) groups excluding carboxylic acids is 2. The van der Waals surface area contributed by atoms with E-state index in [-0.39, 0.29) is 17.1 Å². The van der Waals surface area contributed by atoms with Gasteiger partial charge in [-0.2, -0.15) is 13.2 Å². The highest BCUT2D eigenvalue weighted by Gasteiger charge is 2.32. The average Bonchev–Trinajstić information content (AvgIpc) is 2.66. The van der Waals surface area contributed by atoms with Crippen LogP contribution in [-0.2, 0) is 15.7 Å². The number of methoxy groups -OCH3 is 2. The molecule has 0 atom stereocenters. The van der Waals surface area contributed by atoms with Gasteiger partial charge in [-0.15, -0.1) is 0 Å². The fourth-order valence-corrected chi connectivity index (χ4v) is 1.95. The van der Waals surface area contributed by atoms with Crippen LogP contribution >= 0.6 is 0 Å². The maximum atomic E-state index is 12.5. The number of alkyl halides is 3. The molecule has 0 aliphatic heterocycles. The van der Waals surface area contributed by atoms with Crippen LogP contribution < -0.4 is 9.47 Å². The number of hydrogen-bond acceptors (Lipinski definition) is 6. The first-order valence-electron chi connectivity index (χ1n) is 7.44. The molecule has 0 amide bonds. The Morgan fingerprint density at radius 2 is 1.81 bits per heavy atom. The van der Waals surface area contributed by atoms with E-state index in [9.17, 15) is 22.8 Å². The van der Waals surface area contributed by atoms with Gasteiger partial charge in [-0.1, -0.05) is 6.07 Å². The van der Waals surface area contributed by atoms with Crippen molar-refractivity contribution in [2.75, 3.05) is 14.2 Å². The van der Waals surface area contributed by atoms with Crippen LogP contribution in [0.2, 0.25) is 0 Å². The standard InChI is InChI=1S/C18H14F3NO5/c1-25-14-9-11(4-8-16(23)26-2)3-6-13(14)27-17(24)12-5-7-15(22-10-12)18(19,20)21/h3-10H,1-2H3/b8-4+. The van der Waals surface area contributed by atoms with Crippen LogP contribution in [-0.4, -0.2) is 31.1 Å². The van der Waals surface area contributed by atoms with Crippen molar-refractivity contribution in [2.45, 2.75) is 6.18 Å². The Morgan fingerprint density at radius 1 is 1.07 bits per heavy atom. The number of esters is 2. The summed E-state index contributed by atoms with van der Waals surface area (Å²) in [7, 11) is 2.59. The Bertz CT molecular complexity index is 860. The number of hydrogen-bond donors (Lipinski definition) is 0. The molecule has 0 fully saturated rings. The first kappa shape index (κ1) is 20.0. The molecule has 0 bridgehead atoms. The lowest BCUT2D eigenvalue weighted by atomic mass is 10.2. The number of benzene rings is 1. The largest absolute Gasteiger partial charge is 0.493 e. The van der Waals surface area contributed by atoms with Gasteiger partial charge in [0.1, 0.15) is 5.69 Å². The Balaban J connectivity index is 2.17. The molecule has 1 aromatic heterocycles. The van der Waals surface area contributed by atoms with Gasteiger partial charge in [-0.3, -0.25) is 4.98 Å². The molecule has 1 heterocycles. The minimum atomic E-state index is -4.60. The van der Waals surface area contributed by atoms with Crippen LogP contribution in [0, 0.1) is 0 Å². The second-order valence-electron chi connectivity index (χ2n) is 5.09. The summed E-state index contributed by atoms with van der Waals surface area (Å²) in [5.41, 5.74) is -0.689. The van der Waals surface area contributed by atoms with Gasteiger partial charge >= 0.3 is 18.1 Å². The number of nitrogens with zero attached hydrogens (tertiary/aromatic N) is 1. The van der Waals surface area contributed by atoms with E-state index in [1.165, 1.54) is 38.5 Å². The van der Waals surface area contributed by atoms with Crippen LogP contribution in [0.3, 0.4) is 0 Å². The lowest BCUT2D eigenvalue weighted by Crippen LogP contribution is -2.12. The molecule has 27 heavy (non-hydrogen) atoms. The normalized spacial score (nSPS) is 11.3. The number of rotatable bonds is 5. The van der Waals surface area contributed by atoms with E-state index < -0.39 is 23.8 Å². The summed E-state index contributed by atoms with van der Waals surface area (Å²) < 4.78 is 52.3. The summed E-state index contributed by atoms with van der Waals surface area (Å²) in [5, 5.41) is 0. The van der Waals surface area contributed by atoms with Crippen molar-refractivity contribution in [3.63, 3.8) is 0 Å². The quantitative estimate of drug-likeness (QED) is 0.448. The van der Waals surface area contributed by atoms with Crippen LogP contribution in [0.15, 0.2) is 42.6 Å². The van der Waals surface area contributed by atoms with Crippen molar-refractivity contribution in [3.8, 4) is 11.5 Å². The van der Waals surface area contributed by atoms with Gasteiger partial charge < -0.3 is 14.2 Å². The van der Waals surface area contributed by atoms with E-state index in [4.69, 9.17) is 9.47 Å². The fourth-order valence-electron chi connectivity index (χ4n) is 1.95. The molecule has 2 aromatic rings. The predicted octanol–water partition coefficient (Wildman–Crippen LogP) is 3.51. The highest BCUT2D eigenvalue weighted by molar-refractivity contribution is 5.91. The first-order valence-corrected chi connectivity index (χ1v) is 7.44. The molecule has 0 spiro atoms. The van der Waals surface area contributed by atoms with Gasteiger partial charge in [0.05, 0.1) is 19.8 Å². The maximum Gasteiger partial charge on any atom is 0.433 e. The van der Waals surface area contributed by atoms with Gasteiger partial charge in [0.15, 0.2) is 11.5 Å². The SMILES string of the molecule is COC(=O)/C=C/c1ccc(OC(=O)c2ccc(C(F)(F)F)nc2)c(OC)c1. The Labute approximate surface area is 152 Å². The highest BCUT2D eigenvalue weighted by atomic mass is 19.4. The zero-order valence-corrected chi connectivity index (χ0v) is 14.2. The van der Waals surface area contributed by atoms with E-state index in [1.54, 1.807) is 6.07 Å². The van der Waals surface area contributed by atoms with Gasteiger partial charge in [-0.05, 0) is 35.9 Å². The number of aromatic nitrogens is 1. The highest BCUT2D eigenvalue weighted by Crippen LogP contribution is 2.30. The fraction of sp³-hybridized carbons (Fsp3) is 0.167. The third kappa shape index (κ3) is 5.30. The molecule has 0 aliphatic carbocycles. The molecule has 9 heteroatoms. The Hall–Kier alpha value is -3.36. The van der Waals surface area contributed by atoms with Crippen molar-refractivity contribution in [1.29, 1.82) is 0 Å². The van der Waals surface area contributed by atoms with Crippen molar-refractivity contribution in [2.24, 2.45) is 0 Å². The number of pyridine rings is 1. The molecular weight excluding hydrogens is 367 g/mol. The smallest absolute Gasteiger partial charge is 0.433 e. The zero-order valence-electron chi connectivity index (χ0n) is 14.2. The maximum absolute atomic E-state index is 12.5. The van der Waals surface area contributed by atoms with Crippen LogP contribution in [0.5, 0.6) is 11.5 Å². The van der Waals surface area contributed by atoms with Crippen LogP contribution in [0.4, 0.5) is 13.2 Å². The van der Waals surface area contributed by atoms with Gasteiger partial charge in [-0.25, -0.2) is 9.59 Å². The molecular formula is C18H14F3NO5. The number of carbonyl (C=O) groups is 2. The van der Waals surface area contributed by atoms with E-state index in [0.29, 0.717) is 11.6 Å². The zero-order chi connectivity index (χ0) is 20.0. The minimum absolute atomic E-state index is 0.0533. The molecule has 6 nitrogen and oxygen atoms in total. The Kier molecular flexibility index (Phi) is 6.17. The van der Waals surface area contributed by atoms with Crippen LogP contribution in [0.25, 0.3) is 6.08 Å².